The molecule has 23 heavy (non-hydrogen) atoms. The SMILES string of the molecule is CC(C)COc1ccc(Cl)cc1/C(=C\CN(C)C)n1ccnc1. The number of benzene rings is 1. The van der Waals surface area contributed by atoms with Crippen LogP contribution in [0.1, 0.15) is 19.4 Å². The molecule has 0 saturated heterocycles. The molecule has 0 spiro atoms. The van der Waals surface area contributed by atoms with Crippen molar-refractivity contribution >= 4 is 17.3 Å². The van der Waals surface area contributed by atoms with Crippen LogP contribution in [0.3, 0.4) is 0 Å². The number of hydrogen-bond acceptors (Lipinski definition) is 3. The van der Waals surface area contributed by atoms with E-state index >= 15 is 0 Å². The van der Waals surface area contributed by atoms with Crippen LogP contribution in [0.5, 0.6) is 5.75 Å². The first-order valence-corrected chi connectivity index (χ1v) is 8.11. The second-order valence-corrected chi connectivity index (χ2v) is 6.60. The zero-order valence-electron chi connectivity index (χ0n) is 14.2. The third-order valence-corrected chi connectivity index (χ3v) is 3.46. The third kappa shape index (κ3) is 5.12. The summed E-state index contributed by atoms with van der Waals surface area (Å²) in [4.78, 5) is 6.26. The molecule has 0 aliphatic heterocycles. The van der Waals surface area contributed by atoms with Gasteiger partial charge in [0.2, 0.25) is 0 Å². The summed E-state index contributed by atoms with van der Waals surface area (Å²) in [5.74, 6) is 1.29. The summed E-state index contributed by atoms with van der Waals surface area (Å²) in [6, 6.07) is 5.73. The van der Waals surface area contributed by atoms with Crippen LogP contribution in [-0.2, 0) is 0 Å². The van der Waals surface area contributed by atoms with Gasteiger partial charge >= 0.3 is 0 Å². The van der Waals surface area contributed by atoms with E-state index in [4.69, 9.17) is 16.3 Å². The third-order valence-electron chi connectivity index (χ3n) is 3.22. The number of aromatic nitrogens is 2. The molecule has 0 amide bonds. The van der Waals surface area contributed by atoms with Crippen LogP contribution in [-0.4, -0.2) is 41.7 Å². The lowest BCUT2D eigenvalue weighted by Gasteiger charge is -2.17. The van der Waals surface area contributed by atoms with Crippen molar-refractivity contribution in [2.75, 3.05) is 27.2 Å². The quantitative estimate of drug-likeness (QED) is 0.766. The minimum Gasteiger partial charge on any atom is -0.493 e. The monoisotopic (exact) mass is 333 g/mol. The average molecular weight is 334 g/mol. The predicted octanol–water partition coefficient (Wildman–Crippen LogP) is 4.02. The van der Waals surface area contributed by atoms with Crippen LogP contribution in [0.25, 0.3) is 5.70 Å². The Hall–Kier alpha value is -1.78. The van der Waals surface area contributed by atoms with E-state index in [0.29, 0.717) is 17.5 Å². The standard InChI is InChI=1S/C18H24ClN3O/c1-14(2)12-23-18-6-5-15(19)11-16(18)17(7-9-21(3)4)22-10-8-20-13-22/h5-8,10-11,13-14H,9,12H2,1-4H3/b17-7+. The molecule has 1 aromatic heterocycles. The van der Waals surface area contributed by atoms with Crippen molar-refractivity contribution in [3.05, 3.63) is 53.6 Å². The Labute approximate surface area is 143 Å². The van der Waals surface area contributed by atoms with Gasteiger partial charge in [0, 0.05) is 29.5 Å². The Bertz CT molecular complexity index is 648. The van der Waals surface area contributed by atoms with E-state index < -0.39 is 0 Å². The lowest BCUT2D eigenvalue weighted by Crippen LogP contribution is -2.13. The van der Waals surface area contributed by atoms with E-state index in [1.165, 1.54) is 0 Å². The number of nitrogens with zero attached hydrogens (tertiary/aromatic N) is 3. The first-order chi connectivity index (χ1) is 11.0. The molecule has 0 aliphatic carbocycles. The summed E-state index contributed by atoms with van der Waals surface area (Å²) in [6.45, 7) is 5.74. The van der Waals surface area contributed by atoms with Crippen molar-refractivity contribution in [1.29, 1.82) is 0 Å². The molecule has 1 heterocycles. The fourth-order valence-corrected chi connectivity index (χ4v) is 2.28. The fraction of sp³-hybridized carbons (Fsp3) is 0.389. The highest BCUT2D eigenvalue weighted by Gasteiger charge is 2.12. The second kappa shape index (κ2) is 8.18. The van der Waals surface area contributed by atoms with Crippen LogP contribution in [0.2, 0.25) is 5.02 Å². The second-order valence-electron chi connectivity index (χ2n) is 6.17. The molecule has 0 aliphatic rings. The maximum atomic E-state index is 6.23. The molecule has 124 valence electrons. The minimum absolute atomic E-state index is 0.459. The molecule has 2 rings (SSSR count). The van der Waals surface area contributed by atoms with E-state index in [0.717, 1.165) is 23.6 Å². The van der Waals surface area contributed by atoms with E-state index in [-0.39, 0.29) is 0 Å². The minimum atomic E-state index is 0.459. The summed E-state index contributed by atoms with van der Waals surface area (Å²) in [6.07, 6.45) is 7.63. The summed E-state index contributed by atoms with van der Waals surface area (Å²) >= 11 is 6.23. The van der Waals surface area contributed by atoms with Crippen LogP contribution in [0.4, 0.5) is 0 Å². The molecule has 0 radical (unpaired) electrons. The largest absolute Gasteiger partial charge is 0.493 e. The number of halogens is 1. The summed E-state index contributed by atoms with van der Waals surface area (Å²) in [5, 5.41) is 0.688. The zero-order valence-corrected chi connectivity index (χ0v) is 14.9. The van der Waals surface area contributed by atoms with E-state index in [1.54, 1.807) is 12.5 Å². The van der Waals surface area contributed by atoms with E-state index in [9.17, 15) is 0 Å². The lowest BCUT2D eigenvalue weighted by molar-refractivity contribution is 0.270. The Morgan fingerprint density at radius 2 is 2.17 bits per heavy atom. The topological polar surface area (TPSA) is 30.3 Å². The van der Waals surface area contributed by atoms with E-state index in [1.807, 2.05) is 43.1 Å². The number of imidazole rings is 1. The van der Waals surface area contributed by atoms with Gasteiger partial charge in [0.25, 0.3) is 0 Å². The normalized spacial score (nSPS) is 12.2. The van der Waals surface area contributed by atoms with Gasteiger partial charge in [-0.3, -0.25) is 0 Å². The fourth-order valence-electron chi connectivity index (χ4n) is 2.11. The lowest BCUT2D eigenvalue weighted by atomic mass is 10.1. The van der Waals surface area contributed by atoms with Crippen LogP contribution < -0.4 is 4.74 Å². The van der Waals surface area contributed by atoms with Gasteiger partial charge in [-0.1, -0.05) is 25.4 Å². The molecule has 0 N–H and O–H groups in total. The van der Waals surface area contributed by atoms with Gasteiger partial charge in [0.05, 0.1) is 18.6 Å². The van der Waals surface area contributed by atoms with Crippen molar-refractivity contribution in [3.8, 4) is 5.75 Å². The maximum Gasteiger partial charge on any atom is 0.128 e. The number of hydrogen-bond donors (Lipinski definition) is 0. The van der Waals surface area contributed by atoms with Gasteiger partial charge in [-0.25, -0.2) is 4.98 Å². The maximum absolute atomic E-state index is 6.23. The summed E-state index contributed by atoms with van der Waals surface area (Å²) in [7, 11) is 4.08. The number of rotatable bonds is 7. The van der Waals surface area contributed by atoms with Crippen LogP contribution in [0.15, 0.2) is 43.0 Å². The van der Waals surface area contributed by atoms with Gasteiger partial charge in [0.15, 0.2) is 0 Å². The Morgan fingerprint density at radius 3 is 2.78 bits per heavy atom. The summed E-state index contributed by atoms with van der Waals surface area (Å²) in [5.41, 5.74) is 1.98. The molecular formula is C18H24ClN3O. The molecule has 0 unspecified atom stereocenters. The molecule has 0 fully saturated rings. The van der Waals surface area contributed by atoms with Crippen LogP contribution in [0, 0.1) is 5.92 Å². The summed E-state index contributed by atoms with van der Waals surface area (Å²) < 4.78 is 7.98. The first-order valence-electron chi connectivity index (χ1n) is 7.73. The molecule has 2 aromatic rings. The van der Waals surface area contributed by atoms with Crippen molar-refractivity contribution in [1.82, 2.24) is 14.5 Å². The molecular weight excluding hydrogens is 310 g/mol. The van der Waals surface area contributed by atoms with Crippen molar-refractivity contribution < 1.29 is 4.74 Å². The zero-order chi connectivity index (χ0) is 16.8. The van der Waals surface area contributed by atoms with Crippen molar-refractivity contribution in [2.45, 2.75) is 13.8 Å². The van der Waals surface area contributed by atoms with Crippen LogP contribution >= 0.6 is 11.6 Å². The molecule has 5 heteroatoms. The van der Waals surface area contributed by atoms with Gasteiger partial charge in [-0.2, -0.15) is 0 Å². The Kier molecular flexibility index (Phi) is 6.25. The molecule has 1 aromatic carbocycles. The van der Waals surface area contributed by atoms with Gasteiger partial charge < -0.3 is 14.2 Å². The molecule has 0 atom stereocenters. The van der Waals surface area contributed by atoms with Crippen molar-refractivity contribution in [3.63, 3.8) is 0 Å². The smallest absolute Gasteiger partial charge is 0.128 e. The van der Waals surface area contributed by atoms with Gasteiger partial charge in [-0.15, -0.1) is 0 Å². The van der Waals surface area contributed by atoms with Crippen molar-refractivity contribution in [2.24, 2.45) is 5.92 Å². The highest BCUT2D eigenvalue weighted by molar-refractivity contribution is 6.30. The highest BCUT2D eigenvalue weighted by atomic mass is 35.5. The predicted molar refractivity (Wildman–Crippen MR) is 95.9 cm³/mol. The first kappa shape index (κ1) is 17.6. The molecule has 4 nitrogen and oxygen atoms in total. The highest BCUT2D eigenvalue weighted by Crippen LogP contribution is 2.30. The van der Waals surface area contributed by atoms with Gasteiger partial charge in [0.1, 0.15) is 5.75 Å². The average Bonchev–Trinajstić information content (AvgIpc) is 3.00. The number of ether oxygens (including phenoxy) is 1. The Morgan fingerprint density at radius 1 is 1.39 bits per heavy atom. The molecule has 0 saturated carbocycles. The molecule has 0 bridgehead atoms. The van der Waals surface area contributed by atoms with E-state index in [2.05, 4.69) is 29.8 Å². The van der Waals surface area contributed by atoms with Gasteiger partial charge in [-0.05, 0) is 44.3 Å². The Balaban J connectivity index is 2.44. The number of likely N-dealkylation sites (N-methyl/N-ethyl adjacent to an activating group) is 1.